The average Bonchev–Trinajstić information content (AvgIpc) is 2.91. The smallest absolute Gasteiger partial charge is 0.119 e. The molecule has 0 radical (unpaired) electrons. The molecule has 1 fully saturated rings. The summed E-state index contributed by atoms with van der Waals surface area (Å²) >= 11 is 0. The van der Waals surface area contributed by atoms with Crippen molar-refractivity contribution in [2.24, 2.45) is 5.92 Å². The zero-order valence-corrected chi connectivity index (χ0v) is 12.5. The molecule has 1 N–H and O–H groups in total. The molecule has 0 aromatic heterocycles. The topological polar surface area (TPSA) is 45.0 Å². The lowest BCUT2D eigenvalue weighted by Gasteiger charge is -2.28. The highest BCUT2D eigenvalue weighted by molar-refractivity contribution is 5.28. The first kappa shape index (κ1) is 14.9. The summed E-state index contributed by atoms with van der Waals surface area (Å²) in [5.41, 5.74) is 0.958. The van der Waals surface area contributed by atoms with Crippen molar-refractivity contribution in [2.45, 2.75) is 44.6 Å². The number of ether oxygens (including phenoxy) is 1. The van der Waals surface area contributed by atoms with E-state index in [1.807, 2.05) is 19.2 Å². The third kappa shape index (κ3) is 3.13. The Labute approximate surface area is 121 Å². The average molecular weight is 272 g/mol. The summed E-state index contributed by atoms with van der Waals surface area (Å²) in [6.07, 6.45) is 5.16. The molecule has 3 nitrogen and oxygen atoms in total. The van der Waals surface area contributed by atoms with E-state index in [9.17, 15) is 5.26 Å². The fourth-order valence-electron chi connectivity index (χ4n) is 3.18. The maximum atomic E-state index is 9.42. The minimum absolute atomic E-state index is 0.339. The van der Waals surface area contributed by atoms with Gasteiger partial charge in [0.25, 0.3) is 0 Å². The fourth-order valence-corrected chi connectivity index (χ4v) is 3.18. The van der Waals surface area contributed by atoms with Gasteiger partial charge in [0.05, 0.1) is 12.7 Å². The Morgan fingerprint density at radius 2 is 2.35 bits per heavy atom. The molecule has 1 aromatic carbocycles. The van der Waals surface area contributed by atoms with Gasteiger partial charge in [-0.3, -0.25) is 0 Å². The molecule has 1 aromatic rings. The lowest BCUT2D eigenvalue weighted by atomic mass is 9.86. The second kappa shape index (κ2) is 6.76. The van der Waals surface area contributed by atoms with Crippen LogP contribution in [0.25, 0.3) is 0 Å². The van der Waals surface area contributed by atoms with E-state index in [-0.39, 0.29) is 5.54 Å². The van der Waals surface area contributed by atoms with Crippen LogP contribution in [0.4, 0.5) is 0 Å². The molecule has 20 heavy (non-hydrogen) atoms. The van der Waals surface area contributed by atoms with Crippen molar-refractivity contribution in [3.63, 3.8) is 0 Å². The number of nitriles is 1. The Balaban J connectivity index is 1.88. The molecule has 1 aliphatic rings. The molecule has 0 spiro atoms. The van der Waals surface area contributed by atoms with Crippen LogP contribution in [0.3, 0.4) is 0 Å². The fraction of sp³-hybridized carbons (Fsp3) is 0.588. The van der Waals surface area contributed by atoms with Gasteiger partial charge in [-0.2, -0.15) is 5.26 Å². The largest absolute Gasteiger partial charge is 0.494 e. The lowest BCUT2D eigenvalue weighted by Crippen LogP contribution is -2.45. The molecule has 0 saturated heterocycles. The molecular formula is C17H24N2O. The normalized spacial score (nSPS) is 25.4. The minimum Gasteiger partial charge on any atom is -0.494 e. The Bertz CT molecular complexity index is 480. The van der Waals surface area contributed by atoms with Crippen LogP contribution in [0.15, 0.2) is 24.3 Å². The monoisotopic (exact) mass is 272 g/mol. The summed E-state index contributed by atoms with van der Waals surface area (Å²) in [5.74, 6) is 1.33. The van der Waals surface area contributed by atoms with Crippen molar-refractivity contribution in [1.82, 2.24) is 5.32 Å². The van der Waals surface area contributed by atoms with E-state index >= 15 is 0 Å². The zero-order chi connectivity index (χ0) is 14.4. The van der Waals surface area contributed by atoms with Crippen molar-refractivity contribution in [1.29, 1.82) is 5.26 Å². The molecule has 0 amide bonds. The molecule has 3 heteroatoms. The Hall–Kier alpha value is -1.53. The van der Waals surface area contributed by atoms with Crippen LogP contribution in [0, 0.1) is 17.2 Å². The molecule has 2 unspecified atom stereocenters. The van der Waals surface area contributed by atoms with Gasteiger partial charge < -0.3 is 10.1 Å². The summed E-state index contributed by atoms with van der Waals surface area (Å²) in [6.45, 7) is 2.83. The van der Waals surface area contributed by atoms with Gasteiger partial charge >= 0.3 is 0 Å². The first-order valence-electron chi connectivity index (χ1n) is 7.56. The standard InChI is InChI=1S/C17H24N2O/c1-3-14-6-4-8-16(12-14)20-11-9-15-7-5-10-17(15,13-18)19-2/h4,6,8,12,15,19H,3,5,7,9-11H2,1-2H3. The highest BCUT2D eigenvalue weighted by Gasteiger charge is 2.41. The van der Waals surface area contributed by atoms with Crippen molar-refractivity contribution < 1.29 is 4.74 Å². The van der Waals surface area contributed by atoms with Gasteiger partial charge in [0.15, 0.2) is 0 Å². The number of nitrogens with one attached hydrogen (secondary N) is 1. The van der Waals surface area contributed by atoms with Crippen LogP contribution < -0.4 is 10.1 Å². The number of benzene rings is 1. The van der Waals surface area contributed by atoms with E-state index in [0.29, 0.717) is 12.5 Å². The number of rotatable bonds is 6. The van der Waals surface area contributed by atoms with Crippen molar-refractivity contribution in [3.05, 3.63) is 29.8 Å². The summed E-state index contributed by atoms with van der Waals surface area (Å²) in [4.78, 5) is 0. The summed E-state index contributed by atoms with van der Waals surface area (Å²) in [7, 11) is 1.90. The highest BCUT2D eigenvalue weighted by atomic mass is 16.5. The van der Waals surface area contributed by atoms with Crippen LogP contribution in [0.1, 0.15) is 38.2 Å². The SMILES string of the molecule is CCc1cccc(OCCC2CCCC2(C#N)NC)c1. The molecule has 2 atom stereocenters. The first-order valence-corrected chi connectivity index (χ1v) is 7.56. The van der Waals surface area contributed by atoms with E-state index in [0.717, 1.165) is 37.9 Å². The third-order valence-electron chi connectivity index (χ3n) is 4.51. The third-order valence-corrected chi connectivity index (χ3v) is 4.51. The Morgan fingerprint density at radius 1 is 1.50 bits per heavy atom. The molecule has 2 rings (SSSR count). The van der Waals surface area contributed by atoms with Crippen molar-refractivity contribution in [2.75, 3.05) is 13.7 Å². The predicted octanol–water partition coefficient (Wildman–Crippen LogP) is 3.30. The van der Waals surface area contributed by atoms with Gasteiger partial charge in [-0.1, -0.05) is 25.5 Å². The second-order valence-electron chi connectivity index (χ2n) is 5.56. The highest BCUT2D eigenvalue weighted by Crippen LogP contribution is 2.37. The Morgan fingerprint density at radius 3 is 3.05 bits per heavy atom. The van der Waals surface area contributed by atoms with Crippen LogP contribution in [0.5, 0.6) is 5.75 Å². The quantitative estimate of drug-likeness (QED) is 0.864. The van der Waals surface area contributed by atoms with E-state index in [4.69, 9.17) is 4.74 Å². The molecule has 108 valence electrons. The molecular weight excluding hydrogens is 248 g/mol. The number of hydrogen-bond acceptors (Lipinski definition) is 3. The number of aryl methyl sites for hydroxylation is 1. The van der Waals surface area contributed by atoms with Crippen LogP contribution >= 0.6 is 0 Å². The van der Waals surface area contributed by atoms with Crippen molar-refractivity contribution >= 4 is 0 Å². The minimum atomic E-state index is -0.339. The lowest BCUT2D eigenvalue weighted by molar-refractivity contribution is 0.239. The van der Waals surface area contributed by atoms with E-state index in [1.165, 1.54) is 5.56 Å². The maximum Gasteiger partial charge on any atom is 0.119 e. The molecule has 1 saturated carbocycles. The van der Waals surface area contributed by atoms with Gasteiger partial charge in [-0.15, -0.1) is 0 Å². The second-order valence-corrected chi connectivity index (χ2v) is 5.56. The number of hydrogen-bond donors (Lipinski definition) is 1. The Kier molecular flexibility index (Phi) is 5.03. The van der Waals surface area contributed by atoms with E-state index in [2.05, 4.69) is 30.4 Å². The van der Waals surface area contributed by atoms with E-state index < -0.39 is 0 Å². The van der Waals surface area contributed by atoms with Gasteiger partial charge in [0.2, 0.25) is 0 Å². The molecule has 0 aliphatic heterocycles. The van der Waals surface area contributed by atoms with Crippen LogP contribution in [-0.4, -0.2) is 19.2 Å². The van der Waals surface area contributed by atoms with E-state index in [1.54, 1.807) is 0 Å². The van der Waals surface area contributed by atoms with Crippen LogP contribution in [-0.2, 0) is 6.42 Å². The molecule has 0 heterocycles. The first-order chi connectivity index (χ1) is 9.74. The van der Waals surface area contributed by atoms with Gasteiger partial charge in [0, 0.05) is 0 Å². The number of nitrogens with zero attached hydrogens (tertiary/aromatic N) is 1. The van der Waals surface area contributed by atoms with Gasteiger partial charge in [0.1, 0.15) is 11.3 Å². The zero-order valence-electron chi connectivity index (χ0n) is 12.5. The summed E-state index contributed by atoms with van der Waals surface area (Å²) in [6, 6.07) is 10.7. The summed E-state index contributed by atoms with van der Waals surface area (Å²) in [5, 5.41) is 12.6. The van der Waals surface area contributed by atoms with Crippen molar-refractivity contribution in [3.8, 4) is 11.8 Å². The van der Waals surface area contributed by atoms with Gasteiger partial charge in [-0.25, -0.2) is 0 Å². The van der Waals surface area contributed by atoms with Gasteiger partial charge in [-0.05, 0) is 56.3 Å². The molecule has 1 aliphatic carbocycles. The van der Waals surface area contributed by atoms with Crippen LogP contribution in [0.2, 0.25) is 0 Å². The predicted molar refractivity (Wildman–Crippen MR) is 80.7 cm³/mol. The molecule has 0 bridgehead atoms. The maximum absolute atomic E-state index is 9.42. The summed E-state index contributed by atoms with van der Waals surface area (Å²) < 4.78 is 5.86.